The maximum atomic E-state index is 12.7. The molecule has 8 nitrogen and oxygen atoms in total. The first kappa shape index (κ1) is 18.7. The number of amides is 2. The minimum Gasteiger partial charge on any atom is -0.441 e. The molecule has 1 atom stereocenters. The molecule has 2 aliphatic heterocycles. The molecule has 0 aromatic carbocycles. The summed E-state index contributed by atoms with van der Waals surface area (Å²) in [5, 5.41) is 4.05. The van der Waals surface area contributed by atoms with Gasteiger partial charge in [0.25, 0.3) is 0 Å². The van der Waals surface area contributed by atoms with E-state index in [1.807, 2.05) is 16.7 Å². The Morgan fingerprint density at radius 2 is 2.08 bits per heavy atom. The molecule has 0 N–H and O–H groups in total. The average Bonchev–Trinajstić information content (AvgIpc) is 3.27. The fourth-order valence-corrected chi connectivity index (χ4v) is 3.78. The number of likely N-dealkylation sites (tertiary alicyclic amines) is 1. The van der Waals surface area contributed by atoms with Crippen molar-refractivity contribution in [1.82, 2.24) is 24.6 Å². The van der Waals surface area contributed by atoms with Crippen LogP contribution in [-0.2, 0) is 9.53 Å². The first-order valence-corrected chi connectivity index (χ1v) is 9.65. The van der Waals surface area contributed by atoms with E-state index < -0.39 is 5.60 Å². The Kier molecular flexibility index (Phi) is 5.78. The molecule has 1 aromatic rings. The number of nitrogens with zero attached hydrogens (tertiary/aromatic N) is 5. The van der Waals surface area contributed by atoms with Gasteiger partial charge in [0.2, 0.25) is 5.91 Å². The van der Waals surface area contributed by atoms with Crippen molar-refractivity contribution < 1.29 is 14.3 Å². The predicted octanol–water partition coefficient (Wildman–Crippen LogP) is 2.23. The van der Waals surface area contributed by atoms with Crippen molar-refractivity contribution in [3.8, 4) is 0 Å². The van der Waals surface area contributed by atoms with Crippen LogP contribution in [-0.4, -0.2) is 68.3 Å². The first-order valence-electron chi connectivity index (χ1n) is 9.65. The third kappa shape index (κ3) is 3.99. The monoisotopic (exact) mass is 363 g/mol. The van der Waals surface area contributed by atoms with Crippen molar-refractivity contribution in [3.63, 3.8) is 0 Å². The zero-order valence-electron chi connectivity index (χ0n) is 15.8. The van der Waals surface area contributed by atoms with Gasteiger partial charge in [-0.05, 0) is 13.3 Å². The van der Waals surface area contributed by atoms with Crippen LogP contribution in [0.1, 0.15) is 58.4 Å². The number of hydrogen-bond acceptors (Lipinski definition) is 5. The van der Waals surface area contributed by atoms with E-state index in [2.05, 4.69) is 17.0 Å². The summed E-state index contributed by atoms with van der Waals surface area (Å²) in [7, 11) is 0. The van der Waals surface area contributed by atoms with Crippen LogP contribution in [0.15, 0.2) is 12.7 Å². The lowest BCUT2D eigenvalue weighted by molar-refractivity contribution is -0.138. The Balaban J connectivity index is 1.50. The summed E-state index contributed by atoms with van der Waals surface area (Å²) in [6, 6.07) is -0.368. The van der Waals surface area contributed by atoms with Gasteiger partial charge in [-0.1, -0.05) is 26.2 Å². The van der Waals surface area contributed by atoms with E-state index in [1.165, 1.54) is 19.2 Å². The normalized spacial score (nSPS) is 20.5. The topological polar surface area (TPSA) is 80.6 Å². The molecule has 2 amide bonds. The Morgan fingerprint density at radius 3 is 2.73 bits per heavy atom. The van der Waals surface area contributed by atoms with Gasteiger partial charge in [-0.2, -0.15) is 5.10 Å². The first-order chi connectivity index (χ1) is 12.5. The van der Waals surface area contributed by atoms with Gasteiger partial charge in [-0.3, -0.25) is 4.79 Å². The summed E-state index contributed by atoms with van der Waals surface area (Å²) in [5.41, 5.74) is -0.422. The molecule has 2 fully saturated rings. The third-order valence-electron chi connectivity index (χ3n) is 5.50. The van der Waals surface area contributed by atoms with Crippen LogP contribution in [0.3, 0.4) is 0 Å². The molecule has 0 aliphatic carbocycles. The van der Waals surface area contributed by atoms with E-state index in [0.29, 0.717) is 32.5 Å². The van der Waals surface area contributed by atoms with Gasteiger partial charge in [-0.25, -0.2) is 14.5 Å². The number of unbranched alkanes of at least 4 members (excludes halogenated alkanes) is 3. The summed E-state index contributed by atoms with van der Waals surface area (Å²) < 4.78 is 7.31. The predicted molar refractivity (Wildman–Crippen MR) is 95.5 cm³/mol. The van der Waals surface area contributed by atoms with Crippen LogP contribution < -0.4 is 0 Å². The molecular formula is C18H29N5O3. The van der Waals surface area contributed by atoms with Crippen LogP contribution >= 0.6 is 0 Å². The molecule has 26 heavy (non-hydrogen) atoms. The summed E-state index contributed by atoms with van der Waals surface area (Å²) in [6.07, 6.45) is 8.75. The molecule has 0 saturated carbocycles. The van der Waals surface area contributed by atoms with Gasteiger partial charge in [0.1, 0.15) is 24.3 Å². The van der Waals surface area contributed by atoms with Gasteiger partial charge in [-0.15, -0.1) is 0 Å². The highest BCUT2D eigenvalue weighted by atomic mass is 16.6. The number of aromatic nitrogens is 3. The highest BCUT2D eigenvalue weighted by Gasteiger charge is 2.47. The fourth-order valence-electron chi connectivity index (χ4n) is 3.78. The van der Waals surface area contributed by atoms with Crippen molar-refractivity contribution in [2.45, 2.75) is 64.0 Å². The van der Waals surface area contributed by atoms with E-state index in [-0.39, 0.29) is 18.0 Å². The highest BCUT2D eigenvalue weighted by Crippen LogP contribution is 2.34. The molecule has 3 heterocycles. The summed E-state index contributed by atoms with van der Waals surface area (Å²) >= 11 is 0. The van der Waals surface area contributed by atoms with Crippen molar-refractivity contribution in [2.24, 2.45) is 0 Å². The number of hydrogen-bond donors (Lipinski definition) is 0. The second-order valence-electron chi connectivity index (χ2n) is 7.41. The fraction of sp³-hybridized carbons (Fsp3) is 0.778. The SMILES string of the molecule is CCCCCCN1CC2(CCN(C(=O)[C@H](C)n3cncn3)CC2)OC1=O. The van der Waals surface area contributed by atoms with Gasteiger partial charge in [0, 0.05) is 32.5 Å². The number of ether oxygens (including phenoxy) is 1. The third-order valence-corrected chi connectivity index (χ3v) is 5.50. The molecular weight excluding hydrogens is 334 g/mol. The van der Waals surface area contributed by atoms with E-state index in [9.17, 15) is 9.59 Å². The van der Waals surface area contributed by atoms with Gasteiger partial charge < -0.3 is 14.5 Å². The Hall–Kier alpha value is -2.12. The zero-order chi connectivity index (χ0) is 18.6. The van der Waals surface area contributed by atoms with E-state index in [1.54, 1.807) is 11.0 Å². The number of carbonyl (C=O) groups excluding carboxylic acids is 2. The average molecular weight is 363 g/mol. The van der Waals surface area contributed by atoms with Crippen molar-refractivity contribution in [1.29, 1.82) is 0 Å². The van der Waals surface area contributed by atoms with E-state index in [4.69, 9.17) is 4.74 Å². The summed E-state index contributed by atoms with van der Waals surface area (Å²) in [4.78, 5) is 32.4. The minimum absolute atomic E-state index is 0.0334. The molecule has 1 spiro atoms. The second kappa shape index (κ2) is 8.05. The van der Waals surface area contributed by atoms with Crippen molar-refractivity contribution in [3.05, 3.63) is 12.7 Å². The smallest absolute Gasteiger partial charge is 0.410 e. The molecule has 2 saturated heterocycles. The second-order valence-corrected chi connectivity index (χ2v) is 7.41. The van der Waals surface area contributed by atoms with Crippen LogP contribution in [0, 0.1) is 0 Å². The molecule has 144 valence electrons. The van der Waals surface area contributed by atoms with Crippen LogP contribution in [0.25, 0.3) is 0 Å². The lowest BCUT2D eigenvalue weighted by Crippen LogP contribution is -2.50. The lowest BCUT2D eigenvalue weighted by Gasteiger charge is -2.38. The Bertz CT molecular complexity index is 610. The number of carbonyl (C=O) groups is 2. The summed E-state index contributed by atoms with van der Waals surface area (Å²) in [5.74, 6) is 0.0334. The molecule has 8 heteroatoms. The van der Waals surface area contributed by atoms with Gasteiger partial charge in [0.05, 0.1) is 6.54 Å². The lowest BCUT2D eigenvalue weighted by atomic mass is 9.91. The van der Waals surface area contributed by atoms with E-state index in [0.717, 1.165) is 19.4 Å². The van der Waals surface area contributed by atoms with Crippen molar-refractivity contribution in [2.75, 3.05) is 26.2 Å². The highest BCUT2D eigenvalue weighted by molar-refractivity contribution is 5.80. The van der Waals surface area contributed by atoms with Crippen LogP contribution in [0.2, 0.25) is 0 Å². The quantitative estimate of drug-likeness (QED) is 0.694. The summed E-state index contributed by atoms with van der Waals surface area (Å²) in [6.45, 7) is 6.64. The Morgan fingerprint density at radius 1 is 1.31 bits per heavy atom. The number of piperidine rings is 1. The minimum atomic E-state index is -0.422. The van der Waals surface area contributed by atoms with E-state index >= 15 is 0 Å². The van der Waals surface area contributed by atoms with Crippen LogP contribution in [0.5, 0.6) is 0 Å². The van der Waals surface area contributed by atoms with Crippen LogP contribution in [0.4, 0.5) is 4.79 Å². The number of rotatable bonds is 7. The molecule has 0 unspecified atom stereocenters. The molecule has 2 aliphatic rings. The Labute approximate surface area is 154 Å². The van der Waals surface area contributed by atoms with Crippen molar-refractivity contribution >= 4 is 12.0 Å². The standard InChI is InChI=1S/C18H29N5O3/c1-3-4-5-6-9-22-12-18(26-17(22)25)7-10-21(11-8-18)16(24)15(2)23-14-19-13-20-23/h13-15H,3-12H2,1-2H3/t15-/m0/s1. The maximum Gasteiger partial charge on any atom is 0.410 e. The van der Waals surface area contributed by atoms with Gasteiger partial charge in [0.15, 0.2) is 0 Å². The molecule has 0 radical (unpaired) electrons. The van der Waals surface area contributed by atoms with Gasteiger partial charge >= 0.3 is 6.09 Å². The molecule has 3 rings (SSSR count). The molecule has 0 bridgehead atoms. The maximum absolute atomic E-state index is 12.7. The molecule has 1 aromatic heterocycles. The largest absolute Gasteiger partial charge is 0.441 e. The zero-order valence-corrected chi connectivity index (χ0v) is 15.8.